The van der Waals surface area contributed by atoms with E-state index in [0.29, 0.717) is 24.2 Å². The van der Waals surface area contributed by atoms with Gasteiger partial charge in [0.05, 0.1) is 6.61 Å². The van der Waals surface area contributed by atoms with Crippen molar-refractivity contribution in [3.8, 4) is 5.88 Å². The molecule has 0 spiro atoms. The molecule has 0 saturated heterocycles. The van der Waals surface area contributed by atoms with Gasteiger partial charge in [0, 0.05) is 13.2 Å². The van der Waals surface area contributed by atoms with Crippen molar-refractivity contribution in [3.63, 3.8) is 0 Å². The van der Waals surface area contributed by atoms with Crippen LogP contribution in [0.25, 0.3) is 0 Å². The van der Waals surface area contributed by atoms with Gasteiger partial charge < -0.3 is 9.47 Å². The van der Waals surface area contributed by atoms with Crippen LogP contribution in [0, 0.1) is 6.92 Å². The summed E-state index contributed by atoms with van der Waals surface area (Å²) in [5, 5.41) is 0.481. The van der Waals surface area contributed by atoms with E-state index in [1.807, 2.05) is 13.0 Å². The van der Waals surface area contributed by atoms with E-state index in [4.69, 9.17) is 21.1 Å². The van der Waals surface area contributed by atoms with Crippen LogP contribution < -0.4 is 4.74 Å². The molecule has 1 rings (SSSR count). The van der Waals surface area contributed by atoms with E-state index in [9.17, 15) is 0 Å². The molecular formula is C9H12ClNO2. The van der Waals surface area contributed by atoms with Crippen LogP contribution >= 0.6 is 11.6 Å². The maximum absolute atomic E-state index is 5.80. The molecule has 0 atom stereocenters. The standard InChI is InChI=1S/C9H12ClNO2/c1-7-3-4-8(11-9(7)10)13-6-5-12-2/h3-4H,5-6H2,1-2H3. The Balaban J connectivity index is 2.53. The summed E-state index contributed by atoms with van der Waals surface area (Å²) in [4.78, 5) is 4.03. The highest BCUT2D eigenvalue weighted by molar-refractivity contribution is 6.30. The minimum atomic E-state index is 0.481. The maximum Gasteiger partial charge on any atom is 0.214 e. The van der Waals surface area contributed by atoms with Crippen LogP contribution in [0.4, 0.5) is 0 Å². The Morgan fingerprint density at radius 2 is 2.15 bits per heavy atom. The Labute approximate surface area is 82.6 Å². The summed E-state index contributed by atoms with van der Waals surface area (Å²) in [6, 6.07) is 3.66. The Morgan fingerprint density at radius 1 is 1.38 bits per heavy atom. The Morgan fingerprint density at radius 3 is 2.77 bits per heavy atom. The van der Waals surface area contributed by atoms with Gasteiger partial charge in [-0.1, -0.05) is 17.7 Å². The number of aromatic nitrogens is 1. The molecular weight excluding hydrogens is 190 g/mol. The molecule has 0 amide bonds. The first-order valence-corrected chi connectivity index (χ1v) is 4.36. The zero-order valence-corrected chi connectivity index (χ0v) is 8.47. The minimum Gasteiger partial charge on any atom is -0.475 e. The highest BCUT2D eigenvalue weighted by Crippen LogP contribution is 2.16. The minimum absolute atomic E-state index is 0.481. The van der Waals surface area contributed by atoms with Crippen LogP contribution in [0.15, 0.2) is 12.1 Å². The molecule has 0 aromatic carbocycles. The zero-order valence-electron chi connectivity index (χ0n) is 7.71. The SMILES string of the molecule is COCCOc1ccc(C)c(Cl)n1. The van der Waals surface area contributed by atoms with Crippen molar-refractivity contribution in [1.82, 2.24) is 4.98 Å². The van der Waals surface area contributed by atoms with Crippen LogP contribution in [-0.4, -0.2) is 25.3 Å². The van der Waals surface area contributed by atoms with Crippen LogP contribution in [0.5, 0.6) is 5.88 Å². The zero-order chi connectivity index (χ0) is 9.68. The predicted octanol–water partition coefficient (Wildman–Crippen LogP) is 2.07. The van der Waals surface area contributed by atoms with E-state index in [-0.39, 0.29) is 0 Å². The molecule has 0 N–H and O–H groups in total. The number of halogens is 1. The van der Waals surface area contributed by atoms with Crippen molar-refractivity contribution in [3.05, 3.63) is 22.8 Å². The lowest BCUT2D eigenvalue weighted by Crippen LogP contribution is -2.05. The number of hydrogen-bond acceptors (Lipinski definition) is 3. The van der Waals surface area contributed by atoms with E-state index in [0.717, 1.165) is 5.56 Å². The number of rotatable bonds is 4. The smallest absolute Gasteiger partial charge is 0.214 e. The molecule has 13 heavy (non-hydrogen) atoms. The maximum atomic E-state index is 5.80. The van der Waals surface area contributed by atoms with E-state index >= 15 is 0 Å². The second-order valence-electron chi connectivity index (χ2n) is 2.60. The first-order chi connectivity index (χ1) is 6.24. The van der Waals surface area contributed by atoms with Crippen LogP contribution in [0.2, 0.25) is 5.15 Å². The molecule has 0 fully saturated rings. The van der Waals surface area contributed by atoms with Gasteiger partial charge >= 0.3 is 0 Å². The topological polar surface area (TPSA) is 31.4 Å². The van der Waals surface area contributed by atoms with Gasteiger partial charge in [-0.2, -0.15) is 0 Å². The lowest BCUT2D eigenvalue weighted by Gasteiger charge is -2.05. The average molecular weight is 202 g/mol. The van der Waals surface area contributed by atoms with E-state index in [2.05, 4.69) is 4.98 Å². The van der Waals surface area contributed by atoms with Gasteiger partial charge in [0.25, 0.3) is 0 Å². The number of ether oxygens (including phenoxy) is 2. The molecule has 0 aliphatic rings. The highest BCUT2D eigenvalue weighted by Gasteiger charge is 1.99. The van der Waals surface area contributed by atoms with E-state index in [1.165, 1.54) is 0 Å². The summed E-state index contributed by atoms with van der Waals surface area (Å²) in [7, 11) is 1.62. The van der Waals surface area contributed by atoms with E-state index < -0.39 is 0 Å². The third-order valence-corrected chi connectivity index (χ3v) is 1.93. The lowest BCUT2D eigenvalue weighted by molar-refractivity contribution is 0.144. The van der Waals surface area contributed by atoms with Gasteiger partial charge in [0.15, 0.2) is 0 Å². The summed E-state index contributed by atoms with van der Waals surface area (Å²) in [6.45, 7) is 2.93. The fourth-order valence-electron chi connectivity index (χ4n) is 0.797. The first-order valence-electron chi connectivity index (χ1n) is 3.99. The van der Waals surface area contributed by atoms with Crippen molar-refractivity contribution in [2.75, 3.05) is 20.3 Å². The summed E-state index contributed by atoms with van der Waals surface area (Å²) in [5.41, 5.74) is 0.945. The molecule has 3 nitrogen and oxygen atoms in total. The van der Waals surface area contributed by atoms with Gasteiger partial charge in [0.1, 0.15) is 11.8 Å². The summed E-state index contributed by atoms with van der Waals surface area (Å²) in [6.07, 6.45) is 0. The van der Waals surface area contributed by atoms with Crippen molar-refractivity contribution < 1.29 is 9.47 Å². The second kappa shape index (κ2) is 5.04. The third-order valence-electron chi connectivity index (χ3n) is 1.55. The molecule has 0 aliphatic carbocycles. The van der Waals surface area contributed by atoms with Crippen molar-refractivity contribution in [1.29, 1.82) is 0 Å². The molecule has 72 valence electrons. The largest absolute Gasteiger partial charge is 0.475 e. The van der Waals surface area contributed by atoms with Crippen molar-refractivity contribution in [2.24, 2.45) is 0 Å². The van der Waals surface area contributed by atoms with Crippen LogP contribution in [0.3, 0.4) is 0 Å². The normalized spacial score (nSPS) is 10.1. The van der Waals surface area contributed by atoms with Gasteiger partial charge in [-0.15, -0.1) is 0 Å². The number of pyridine rings is 1. The summed E-state index contributed by atoms with van der Waals surface area (Å²) < 4.78 is 10.1. The molecule has 4 heteroatoms. The molecule has 1 heterocycles. The summed E-state index contributed by atoms with van der Waals surface area (Å²) >= 11 is 5.80. The molecule has 0 unspecified atom stereocenters. The molecule has 0 saturated carbocycles. The molecule has 0 aliphatic heterocycles. The predicted molar refractivity (Wildman–Crippen MR) is 51.4 cm³/mol. The lowest BCUT2D eigenvalue weighted by atomic mass is 10.3. The fraction of sp³-hybridized carbons (Fsp3) is 0.444. The number of aryl methyl sites for hydroxylation is 1. The number of methoxy groups -OCH3 is 1. The molecule has 0 bridgehead atoms. The monoisotopic (exact) mass is 201 g/mol. The Kier molecular flexibility index (Phi) is 3.99. The third kappa shape index (κ3) is 3.20. The molecule has 1 aromatic heterocycles. The number of nitrogens with zero attached hydrogens (tertiary/aromatic N) is 1. The fourth-order valence-corrected chi connectivity index (χ4v) is 0.943. The van der Waals surface area contributed by atoms with Crippen molar-refractivity contribution >= 4 is 11.6 Å². The van der Waals surface area contributed by atoms with Crippen molar-refractivity contribution in [2.45, 2.75) is 6.92 Å². The summed E-state index contributed by atoms with van der Waals surface area (Å²) in [5.74, 6) is 0.535. The van der Waals surface area contributed by atoms with Gasteiger partial charge in [-0.3, -0.25) is 0 Å². The van der Waals surface area contributed by atoms with Crippen LogP contribution in [-0.2, 0) is 4.74 Å². The molecule has 0 radical (unpaired) electrons. The van der Waals surface area contributed by atoms with Gasteiger partial charge in [-0.05, 0) is 12.5 Å². The quantitative estimate of drug-likeness (QED) is 0.552. The van der Waals surface area contributed by atoms with Crippen LogP contribution in [0.1, 0.15) is 5.56 Å². The number of hydrogen-bond donors (Lipinski definition) is 0. The Bertz CT molecular complexity index is 278. The first kappa shape index (κ1) is 10.3. The second-order valence-corrected chi connectivity index (χ2v) is 2.96. The van der Waals surface area contributed by atoms with Gasteiger partial charge in [0.2, 0.25) is 5.88 Å². The average Bonchev–Trinajstić information content (AvgIpc) is 2.12. The molecule has 1 aromatic rings. The highest BCUT2D eigenvalue weighted by atomic mass is 35.5. The van der Waals surface area contributed by atoms with Gasteiger partial charge in [-0.25, -0.2) is 4.98 Å². The Hall–Kier alpha value is -0.800. The van der Waals surface area contributed by atoms with E-state index in [1.54, 1.807) is 13.2 Å².